The molecule has 0 bridgehead atoms. The second-order valence-corrected chi connectivity index (χ2v) is 5.23. The molecule has 0 aromatic heterocycles. The third-order valence-electron chi connectivity index (χ3n) is 4.10. The smallest absolute Gasteiger partial charge is 0.236 e. The van der Waals surface area contributed by atoms with Crippen LogP contribution in [0.3, 0.4) is 0 Å². The van der Waals surface area contributed by atoms with Crippen molar-refractivity contribution >= 4 is 5.91 Å². The first-order chi connectivity index (χ1) is 8.22. The average molecular weight is 235 g/mol. The molecule has 2 fully saturated rings. The van der Waals surface area contributed by atoms with Crippen molar-refractivity contribution < 1.29 is 4.79 Å². The summed E-state index contributed by atoms with van der Waals surface area (Å²) in [7, 11) is 1.86. The normalized spacial score (nSPS) is 32.0. The van der Waals surface area contributed by atoms with Gasteiger partial charge < -0.3 is 4.90 Å². The number of amides is 1. The van der Waals surface area contributed by atoms with E-state index in [9.17, 15) is 10.1 Å². The van der Waals surface area contributed by atoms with Gasteiger partial charge in [-0.1, -0.05) is 19.3 Å². The van der Waals surface area contributed by atoms with Gasteiger partial charge in [-0.05, 0) is 12.8 Å². The molecule has 0 aromatic rings. The quantitative estimate of drug-likeness (QED) is 0.642. The summed E-state index contributed by atoms with van der Waals surface area (Å²) < 4.78 is 0. The maximum Gasteiger partial charge on any atom is 0.236 e. The molecule has 4 nitrogen and oxygen atoms in total. The molecule has 4 heteroatoms. The lowest BCUT2D eigenvalue weighted by Crippen LogP contribution is -2.53. The van der Waals surface area contributed by atoms with E-state index in [1.54, 1.807) is 4.90 Å². The molecule has 2 unspecified atom stereocenters. The fourth-order valence-electron chi connectivity index (χ4n) is 2.94. The summed E-state index contributed by atoms with van der Waals surface area (Å²) in [5.74, 6) is 0.311. The van der Waals surface area contributed by atoms with E-state index in [2.05, 4.69) is 11.0 Å². The van der Waals surface area contributed by atoms with Crippen molar-refractivity contribution in [1.82, 2.24) is 9.80 Å². The molecule has 1 saturated heterocycles. The number of likely N-dealkylation sites (N-methyl/N-ethyl adjacent to an activating group) is 1. The van der Waals surface area contributed by atoms with Gasteiger partial charge in [-0.15, -0.1) is 0 Å². The standard InChI is InChI=1S/C13H21N3O/c1-15-7-8-16(10-13(15)17)12-6-4-2-3-5-11(12)9-14/h11-12H,2-8,10H2,1H3. The second kappa shape index (κ2) is 5.50. The summed E-state index contributed by atoms with van der Waals surface area (Å²) in [5.41, 5.74) is 0. The lowest BCUT2D eigenvalue weighted by molar-refractivity contribution is -0.135. The Labute approximate surface area is 103 Å². The van der Waals surface area contributed by atoms with Crippen molar-refractivity contribution in [2.45, 2.75) is 38.1 Å². The average Bonchev–Trinajstić information content (AvgIpc) is 2.57. The predicted octanol–water partition coefficient (Wildman–Crippen LogP) is 1.23. The third-order valence-corrected chi connectivity index (χ3v) is 4.10. The zero-order valence-electron chi connectivity index (χ0n) is 10.6. The van der Waals surface area contributed by atoms with Gasteiger partial charge in [-0.25, -0.2) is 0 Å². The molecule has 1 heterocycles. The number of hydrogen-bond donors (Lipinski definition) is 0. The molecule has 1 aliphatic heterocycles. The van der Waals surface area contributed by atoms with Crippen LogP contribution in [-0.2, 0) is 4.79 Å². The Morgan fingerprint density at radius 3 is 2.71 bits per heavy atom. The van der Waals surface area contributed by atoms with Gasteiger partial charge in [0.1, 0.15) is 0 Å². The molecule has 2 aliphatic rings. The summed E-state index contributed by atoms with van der Waals surface area (Å²) in [6.07, 6.45) is 5.67. The van der Waals surface area contributed by atoms with E-state index < -0.39 is 0 Å². The number of hydrogen-bond acceptors (Lipinski definition) is 3. The number of nitriles is 1. The topological polar surface area (TPSA) is 47.3 Å². The molecule has 1 amide bonds. The number of rotatable bonds is 1. The Bertz CT molecular complexity index is 323. The van der Waals surface area contributed by atoms with Crippen LogP contribution in [0.2, 0.25) is 0 Å². The first kappa shape index (κ1) is 12.4. The minimum Gasteiger partial charge on any atom is -0.343 e. The molecule has 2 atom stereocenters. The van der Waals surface area contributed by atoms with E-state index in [4.69, 9.17) is 0 Å². The molecule has 2 rings (SSSR count). The monoisotopic (exact) mass is 235 g/mol. The summed E-state index contributed by atoms with van der Waals surface area (Å²) in [5, 5.41) is 9.26. The van der Waals surface area contributed by atoms with Gasteiger partial charge in [0.2, 0.25) is 5.91 Å². The first-order valence-electron chi connectivity index (χ1n) is 6.60. The highest BCUT2D eigenvalue weighted by molar-refractivity contribution is 5.78. The van der Waals surface area contributed by atoms with Crippen LogP contribution in [0.1, 0.15) is 32.1 Å². The van der Waals surface area contributed by atoms with Crippen LogP contribution in [0.4, 0.5) is 0 Å². The molecular weight excluding hydrogens is 214 g/mol. The minimum absolute atomic E-state index is 0.119. The molecule has 94 valence electrons. The Morgan fingerprint density at radius 1 is 1.24 bits per heavy atom. The van der Waals surface area contributed by atoms with Crippen molar-refractivity contribution in [2.24, 2.45) is 5.92 Å². The highest BCUT2D eigenvalue weighted by Crippen LogP contribution is 2.27. The molecule has 1 saturated carbocycles. The number of carbonyl (C=O) groups excluding carboxylic acids is 1. The maximum atomic E-state index is 11.7. The first-order valence-corrected chi connectivity index (χ1v) is 6.60. The Balaban J connectivity index is 2.04. The SMILES string of the molecule is CN1CCN(C2CCCCCC2C#N)CC1=O. The number of piperazine rings is 1. The van der Waals surface area contributed by atoms with E-state index in [1.807, 2.05) is 7.05 Å². The zero-order valence-corrected chi connectivity index (χ0v) is 10.6. The van der Waals surface area contributed by atoms with Gasteiger partial charge in [-0.2, -0.15) is 5.26 Å². The molecule has 0 N–H and O–H groups in total. The van der Waals surface area contributed by atoms with Crippen molar-refractivity contribution in [3.8, 4) is 6.07 Å². The van der Waals surface area contributed by atoms with E-state index >= 15 is 0 Å². The van der Waals surface area contributed by atoms with Crippen LogP contribution in [0.5, 0.6) is 0 Å². The third kappa shape index (κ3) is 2.78. The molecular formula is C13H21N3O. The zero-order chi connectivity index (χ0) is 12.3. The Hall–Kier alpha value is -1.08. The Kier molecular flexibility index (Phi) is 4.01. The fraction of sp³-hybridized carbons (Fsp3) is 0.846. The minimum atomic E-state index is 0.119. The molecule has 0 radical (unpaired) electrons. The lowest BCUT2D eigenvalue weighted by atomic mass is 9.94. The van der Waals surface area contributed by atoms with Gasteiger partial charge in [0.15, 0.2) is 0 Å². The van der Waals surface area contributed by atoms with Gasteiger partial charge in [-0.3, -0.25) is 9.69 Å². The van der Waals surface area contributed by atoms with E-state index in [1.165, 1.54) is 12.8 Å². The van der Waals surface area contributed by atoms with E-state index in [0.717, 1.165) is 32.4 Å². The Morgan fingerprint density at radius 2 is 2.00 bits per heavy atom. The predicted molar refractivity (Wildman–Crippen MR) is 65.2 cm³/mol. The van der Waals surface area contributed by atoms with E-state index in [0.29, 0.717) is 12.6 Å². The summed E-state index contributed by atoms with van der Waals surface area (Å²) in [6.45, 7) is 2.22. The van der Waals surface area contributed by atoms with Crippen LogP contribution in [0.25, 0.3) is 0 Å². The van der Waals surface area contributed by atoms with Crippen LogP contribution in [0.15, 0.2) is 0 Å². The van der Waals surface area contributed by atoms with Crippen molar-refractivity contribution in [1.29, 1.82) is 5.26 Å². The van der Waals surface area contributed by atoms with Crippen molar-refractivity contribution in [3.63, 3.8) is 0 Å². The summed E-state index contributed by atoms with van der Waals surface area (Å²) in [6, 6.07) is 2.76. The van der Waals surface area contributed by atoms with Gasteiger partial charge in [0.25, 0.3) is 0 Å². The molecule has 0 aromatic carbocycles. The number of nitrogens with zero attached hydrogens (tertiary/aromatic N) is 3. The number of carbonyl (C=O) groups is 1. The van der Waals surface area contributed by atoms with Crippen molar-refractivity contribution in [3.05, 3.63) is 0 Å². The van der Waals surface area contributed by atoms with Gasteiger partial charge in [0.05, 0.1) is 18.5 Å². The van der Waals surface area contributed by atoms with E-state index in [-0.39, 0.29) is 11.8 Å². The summed E-state index contributed by atoms with van der Waals surface area (Å²) in [4.78, 5) is 15.8. The summed E-state index contributed by atoms with van der Waals surface area (Å²) >= 11 is 0. The van der Waals surface area contributed by atoms with Crippen LogP contribution in [0, 0.1) is 17.2 Å². The maximum absolute atomic E-state index is 11.7. The van der Waals surface area contributed by atoms with Crippen LogP contribution in [-0.4, -0.2) is 48.4 Å². The molecule has 0 spiro atoms. The molecule has 1 aliphatic carbocycles. The van der Waals surface area contributed by atoms with Gasteiger partial charge in [0, 0.05) is 26.2 Å². The lowest BCUT2D eigenvalue weighted by Gasteiger charge is -2.38. The van der Waals surface area contributed by atoms with Crippen LogP contribution >= 0.6 is 0 Å². The van der Waals surface area contributed by atoms with Gasteiger partial charge >= 0.3 is 0 Å². The fourth-order valence-corrected chi connectivity index (χ4v) is 2.94. The van der Waals surface area contributed by atoms with Crippen molar-refractivity contribution in [2.75, 3.05) is 26.7 Å². The van der Waals surface area contributed by atoms with Crippen LogP contribution < -0.4 is 0 Å². The second-order valence-electron chi connectivity index (χ2n) is 5.23. The molecule has 17 heavy (non-hydrogen) atoms. The highest BCUT2D eigenvalue weighted by atomic mass is 16.2. The highest BCUT2D eigenvalue weighted by Gasteiger charge is 2.32. The largest absolute Gasteiger partial charge is 0.343 e.